The predicted molar refractivity (Wildman–Crippen MR) is 139 cm³/mol. The van der Waals surface area contributed by atoms with E-state index in [2.05, 4.69) is 5.32 Å². The number of methoxy groups -OCH3 is 1. The number of aryl methyl sites for hydroxylation is 1. The molecule has 8 heteroatoms. The van der Waals surface area contributed by atoms with Crippen molar-refractivity contribution >= 4 is 16.8 Å². The quantitative estimate of drug-likeness (QED) is 0.353. The molecule has 4 aromatic rings. The van der Waals surface area contributed by atoms with Gasteiger partial charge in [0, 0.05) is 31.9 Å². The number of rotatable bonds is 9. The number of carbonyl (C=O) groups excluding carboxylic acids is 1. The van der Waals surface area contributed by atoms with Crippen molar-refractivity contribution in [3.63, 3.8) is 0 Å². The lowest BCUT2D eigenvalue weighted by molar-refractivity contribution is 0.0948. The first-order chi connectivity index (χ1) is 17.4. The number of hydrogen-bond acceptors (Lipinski definition) is 5. The van der Waals surface area contributed by atoms with Crippen molar-refractivity contribution in [3.05, 3.63) is 110 Å². The number of nitrogens with zero attached hydrogens (tertiary/aromatic N) is 2. The molecule has 2 N–H and O–H groups in total. The number of nitrogens with one attached hydrogen (secondary N) is 1. The fourth-order valence-corrected chi connectivity index (χ4v) is 4.04. The number of fused-ring (bicyclic) bond motifs is 1. The molecule has 1 amide bonds. The Kier molecular flexibility index (Phi) is 7.65. The molecule has 0 aliphatic carbocycles. The van der Waals surface area contributed by atoms with Crippen LogP contribution in [0, 0.1) is 6.92 Å². The summed E-state index contributed by atoms with van der Waals surface area (Å²) in [6, 6.07) is 19.0. The van der Waals surface area contributed by atoms with Gasteiger partial charge in [0.2, 0.25) is 0 Å². The van der Waals surface area contributed by atoms with Crippen molar-refractivity contribution in [2.75, 3.05) is 20.3 Å². The van der Waals surface area contributed by atoms with Crippen molar-refractivity contribution in [1.82, 2.24) is 14.5 Å². The Labute approximate surface area is 208 Å². The maximum absolute atomic E-state index is 13.5. The first-order valence-electron chi connectivity index (χ1n) is 11.8. The third kappa shape index (κ3) is 5.55. The summed E-state index contributed by atoms with van der Waals surface area (Å²) >= 11 is 0. The minimum Gasteiger partial charge on any atom is -0.508 e. The lowest BCUT2D eigenvalue weighted by Gasteiger charge is -2.15. The first kappa shape index (κ1) is 24.9. The van der Waals surface area contributed by atoms with E-state index in [4.69, 9.17) is 4.74 Å². The SMILES string of the molecule is COCCCNC(=O)c1ccc(Cn2c(=O)c3ccc(O)cc3n(Cc3ccc(C)cc3)c2=O)cc1. The molecule has 0 unspecified atom stereocenters. The summed E-state index contributed by atoms with van der Waals surface area (Å²) in [7, 11) is 1.61. The number of benzene rings is 3. The molecule has 0 bridgehead atoms. The highest BCUT2D eigenvalue weighted by Gasteiger charge is 2.15. The molecule has 186 valence electrons. The van der Waals surface area contributed by atoms with Crippen LogP contribution in [-0.4, -0.2) is 40.4 Å². The molecule has 0 fully saturated rings. The van der Waals surface area contributed by atoms with Gasteiger partial charge in [-0.05, 0) is 48.7 Å². The Morgan fingerprint density at radius 1 is 0.917 bits per heavy atom. The van der Waals surface area contributed by atoms with Crippen molar-refractivity contribution in [2.24, 2.45) is 0 Å². The van der Waals surface area contributed by atoms with Crippen LogP contribution in [0.2, 0.25) is 0 Å². The standard InChI is InChI=1S/C28H29N3O5/c1-19-4-6-20(7-5-19)17-30-25-16-23(32)12-13-24(25)27(34)31(28(30)35)18-21-8-10-22(11-9-21)26(33)29-14-3-15-36-2/h4-13,16,32H,3,14-15,17-18H2,1-2H3,(H,29,33). The summed E-state index contributed by atoms with van der Waals surface area (Å²) in [4.78, 5) is 39.1. The van der Waals surface area contributed by atoms with E-state index < -0.39 is 11.2 Å². The van der Waals surface area contributed by atoms with E-state index in [0.717, 1.165) is 17.5 Å². The molecule has 8 nitrogen and oxygen atoms in total. The van der Waals surface area contributed by atoms with Crippen LogP contribution >= 0.6 is 0 Å². The Morgan fingerprint density at radius 2 is 1.56 bits per heavy atom. The van der Waals surface area contributed by atoms with Crippen LogP contribution in [-0.2, 0) is 17.8 Å². The van der Waals surface area contributed by atoms with Crippen LogP contribution < -0.4 is 16.6 Å². The van der Waals surface area contributed by atoms with Gasteiger partial charge in [-0.1, -0.05) is 42.0 Å². The molecule has 0 aliphatic heterocycles. The molecule has 0 aliphatic rings. The molecule has 4 rings (SSSR count). The van der Waals surface area contributed by atoms with Crippen LogP contribution in [0.4, 0.5) is 0 Å². The minimum atomic E-state index is -0.473. The zero-order chi connectivity index (χ0) is 25.7. The molecule has 36 heavy (non-hydrogen) atoms. The Hall–Kier alpha value is -4.17. The molecule has 1 heterocycles. The summed E-state index contributed by atoms with van der Waals surface area (Å²) in [5, 5.41) is 13.2. The fraction of sp³-hybridized carbons (Fsp3) is 0.250. The normalized spacial score (nSPS) is 11.1. The highest BCUT2D eigenvalue weighted by Crippen LogP contribution is 2.18. The third-order valence-corrected chi connectivity index (χ3v) is 6.04. The predicted octanol–water partition coefficient (Wildman–Crippen LogP) is 3.04. The third-order valence-electron chi connectivity index (χ3n) is 6.04. The van der Waals surface area contributed by atoms with E-state index in [1.807, 2.05) is 31.2 Å². The number of aromatic nitrogens is 2. The Bertz CT molecular complexity index is 1490. The second-order valence-corrected chi connectivity index (χ2v) is 8.75. The summed E-state index contributed by atoms with van der Waals surface area (Å²) in [6.07, 6.45) is 0.720. The summed E-state index contributed by atoms with van der Waals surface area (Å²) < 4.78 is 7.67. The van der Waals surface area contributed by atoms with Gasteiger partial charge in [0.1, 0.15) is 5.75 Å². The summed E-state index contributed by atoms with van der Waals surface area (Å²) in [5.41, 5.74) is 2.68. The van der Waals surface area contributed by atoms with Crippen LogP contribution in [0.15, 0.2) is 76.3 Å². The lowest BCUT2D eigenvalue weighted by atomic mass is 10.1. The van der Waals surface area contributed by atoms with Crippen LogP contribution in [0.25, 0.3) is 10.9 Å². The zero-order valence-corrected chi connectivity index (χ0v) is 20.4. The van der Waals surface area contributed by atoms with Crippen LogP contribution in [0.3, 0.4) is 0 Å². The number of carbonyl (C=O) groups is 1. The maximum Gasteiger partial charge on any atom is 0.332 e. The number of phenols is 1. The number of phenolic OH excluding ortho intramolecular Hbond substituents is 1. The van der Waals surface area contributed by atoms with Gasteiger partial charge < -0.3 is 15.2 Å². The second-order valence-electron chi connectivity index (χ2n) is 8.75. The molecular formula is C28H29N3O5. The van der Waals surface area contributed by atoms with E-state index in [1.54, 1.807) is 31.4 Å². The number of amides is 1. The highest BCUT2D eigenvalue weighted by molar-refractivity contribution is 5.94. The smallest absolute Gasteiger partial charge is 0.332 e. The van der Waals surface area contributed by atoms with E-state index in [-0.39, 0.29) is 24.7 Å². The van der Waals surface area contributed by atoms with Gasteiger partial charge in [0.25, 0.3) is 11.5 Å². The van der Waals surface area contributed by atoms with Crippen molar-refractivity contribution in [1.29, 1.82) is 0 Å². The Morgan fingerprint density at radius 3 is 2.22 bits per heavy atom. The van der Waals surface area contributed by atoms with E-state index in [0.29, 0.717) is 35.2 Å². The number of aromatic hydroxyl groups is 1. The number of ether oxygens (including phenoxy) is 1. The molecule has 0 saturated heterocycles. The van der Waals surface area contributed by atoms with Crippen LogP contribution in [0.1, 0.15) is 33.5 Å². The van der Waals surface area contributed by atoms with Gasteiger partial charge in [0.05, 0.1) is 24.0 Å². The lowest BCUT2D eigenvalue weighted by Crippen LogP contribution is -2.40. The molecule has 0 saturated carbocycles. The fourth-order valence-electron chi connectivity index (χ4n) is 4.04. The number of hydrogen-bond donors (Lipinski definition) is 2. The molecular weight excluding hydrogens is 458 g/mol. The summed E-state index contributed by atoms with van der Waals surface area (Å²) in [6.45, 7) is 3.37. The largest absolute Gasteiger partial charge is 0.508 e. The average molecular weight is 488 g/mol. The molecule has 0 radical (unpaired) electrons. The minimum absolute atomic E-state index is 0.0206. The van der Waals surface area contributed by atoms with Crippen molar-refractivity contribution in [3.8, 4) is 5.75 Å². The topological polar surface area (TPSA) is 103 Å². The monoisotopic (exact) mass is 487 g/mol. The van der Waals surface area contributed by atoms with E-state index in [1.165, 1.54) is 27.3 Å². The van der Waals surface area contributed by atoms with Crippen LogP contribution in [0.5, 0.6) is 5.75 Å². The molecule has 3 aromatic carbocycles. The first-order valence-corrected chi connectivity index (χ1v) is 11.8. The van der Waals surface area contributed by atoms with E-state index in [9.17, 15) is 19.5 Å². The average Bonchev–Trinajstić information content (AvgIpc) is 2.88. The van der Waals surface area contributed by atoms with Gasteiger partial charge in [-0.2, -0.15) is 0 Å². The van der Waals surface area contributed by atoms with Gasteiger partial charge in [0.15, 0.2) is 0 Å². The zero-order valence-electron chi connectivity index (χ0n) is 20.4. The summed E-state index contributed by atoms with van der Waals surface area (Å²) in [5.74, 6) is -0.214. The highest BCUT2D eigenvalue weighted by atomic mass is 16.5. The van der Waals surface area contributed by atoms with Gasteiger partial charge in [-0.15, -0.1) is 0 Å². The van der Waals surface area contributed by atoms with Gasteiger partial charge >= 0.3 is 5.69 Å². The maximum atomic E-state index is 13.5. The van der Waals surface area contributed by atoms with Crippen molar-refractivity contribution in [2.45, 2.75) is 26.4 Å². The van der Waals surface area contributed by atoms with E-state index >= 15 is 0 Å². The molecule has 0 atom stereocenters. The van der Waals surface area contributed by atoms with Gasteiger partial charge in [-0.3, -0.25) is 18.7 Å². The van der Waals surface area contributed by atoms with Gasteiger partial charge in [-0.25, -0.2) is 4.79 Å². The molecule has 0 spiro atoms. The second kappa shape index (κ2) is 11.0. The Balaban J connectivity index is 1.66. The van der Waals surface area contributed by atoms with Crippen molar-refractivity contribution < 1.29 is 14.6 Å². The molecule has 1 aromatic heterocycles.